The standard InChI is InChI=1S/C25H32ClN3O4S/c1-19-13-14-20(26)18-23(19)29(34(2,32)33)17-9-12-24(30)27-22-11-6-5-10-21(22)25(31)28-15-7-3-4-8-16-28/h5-6,10-11,13-14,18H,3-4,7-9,12,15-17H2,1-2H3,(H,27,30). The van der Waals surface area contributed by atoms with Crippen LogP contribution in [-0.2, 0) is 14.8 Å². The molecular weight excluding hydrogens is 474 g/mol. The fourth-order valence-electron chi connectivity index (χ4n) is 4.13. The monoisotopic (exact) mass is 505 g/mol. The molecule has 1 heterocycles. The van der Waals surface area contributed by atoms with Gasteiger partial charge in [0.05, 0.1) is 23.2 Å². The normalized spacial score (nSPS) is 14.4. The van der Waals surface area contributed by atoms with Crippen LogP contribution in [0.4, 0.5) is 11.4 Å². The van der Waals surface area contributed by atoms with Gasteiger partial charge in [0.25, 0.3) is 5.91 Å². The van der Waals surface area contributed by atoms with E-state index < -0.39 is 10.0 Å². The number of anilines is 2. The summed E-state index contributed by atoms with van der Waals surface area (Å²) in [5.74, 6) is -0.343. The van der Waals surface area contributed by atoms with Gasteiger partial charge in [-0.15, -0.1) is 0 Å². The summed E-state index contributed by atoms with van der Waals surface area (Å²) in [4.78, 5) is 27.6. The van der Waals surface area contributed by atoms with Crippen LogP contribution < -0.4 is 9.62 Å². The van der Waals surface area contributed by atoms with E-state index in [1.165, 1.54) is 4.31 Å². The summed E-state index contributed by atoms with van der Waals surface area (Å²) >= 11 is 6.07. The third-order valence-electron chi connectivity index (χ3n) is 5.93. The third-order valence-corrected chi connectivity index (χ3v) is 7.35. The van der Waals surface area contributed by atoms with Crippen LogP contribution >= 0.6 is 11.6 Å². The lowest BCUT2D eigenvalue weighted by Crippen LogP contribution is -2.33. The maximum absolute atomic E-state index is 13.1. The van der Waals surface area contributed by atoms with Crippen LogP contribution in [0.15, 0.2) is 42.5 Å². The van der Waals surface area contributed by atoms with Gasteiger partial charge in [-0.2, -0.15) is 0 Å². The van der Waals surface area contributed by atoms with Gasteiger partial charge in [0, 0.05) is 31.1 Å². The number of amides is 2. The highest BCUT2D eigenvalue weighted by Gasteiger charge is 2.22. The highest BCUT2D eigenvalue weighted by Crippen LogP contribution is 2.27. The number of carbonyl (C=O) groups is 2. The third kappa shape index (κ3) is 6.96. The van der Waals surface area contributed by atoms with Crippen LogP contribution in [-0.4, -0.2) is 51.0 Å². The van der Waals surface area contributed by atoms with Crippen LogP contribution in [0.2, 0.25) is 5.02 Å². The van der Waals surface area contributed by atoms with Crippen LogP contribution in [0.1, 0.15) is 54.4 Å². The van der Waals surface area contributed by atoms with Crippen molar-refractivity contribution in [3.05, 3.63) is 58.6 Å². The van der Waals surface area contributed by atoms with Crippen molar-refractivity contribution in [3.8, 4) is 0 Å². The Labute approximate surface area is 207 Å². The topological polar surface area (TPSA) is 86.8 Å². The molecule has 0 bridgehead atoms. The van der Waals surface area contributed by atoms with Crippen molar-refractivity contribution in [2.45, 2.75) is 45.4 Å². The molecule has 2 aromatic rings. The highest BCUT2D eigenvalue weighted by atomic mass is 35.5. The molecule has 0 radical (unpaired) electrons. The molecule has 34 heavy (non-hydrogen) atoms. The van der Waals surface area contributed by atoms with E-state index in [-0.39, 0.29) is 24.8 Å². The van der Waals surface area contributed by atoms with Crippen LogP contribution in [0.3, 0.4) is 0 Å². The van der Waals surface area contributed by atoms with Gasteiger partial charge in [-0.05, 0) is 56.0 Å². The zero-order valence-corrected chi connectivity index (χ0v) is 21.3. The van der Waals surface area contributed by atoms with E-state index in [2.05, 4.69) is 5.32 Å². The lowest BCUT2D eigenvalue weighted by molar-refractivity contribution is -0.116. The fraction of sp³-hybridized carbons (Fsp3) is 0.440. The quantitative estimate of drug-likeness (QED) is 0.555. The summed E-state index contributed by atoms with van der Waals surface area (Å²) in [6.07, 6.45) is 5.79. The van der Waals surface area contributed by atoms with Crippen LogP contribution in [0.5, 0.6) is 0 Å². The van der Waals surface area contributed by atoms with E-state index in [0.29, 0.717) is 28.4 Å². The number of rotatable bonds is 8. The molecule has 0 spiro atoms. The largest absolute Gasteiger partial charge is 0.339 e. The molecule has 0 unspecified atom stereocenters. The first-order chi connectivity index (χ1) is 16.2. The Bertz CT molecular complexity index is 1130. The Balaban J connectivity index is 1.65. The minimum Gasteiger partial charge on any atom is -0.339 e. The average Bonchev–Trinajstić information content (AvgIpc) is 3.07. The average molecular weight is 506 g/mol. The first-order valence-electron chi connectivity index (χ1n) is 11.6. The number of aryl methyl sites for hydroxylation is 1. The van der Waals surface area contributed by atoms with E-state index in [1.54, 1.807) is 42.5 Å². The summed E-state index contributed by atoms with van der Waals surface area (Å²) in [5.41, 5.74) is 2.24. The van der Waals surface area contributed by atoms with Gasteiger partial charge < -0.3 is 10.2 Å². The molecule has 1 aliphatic rings. The summed E-state index contributed by atoms with van der Waals surface area (Å²) in [7, 11) is -3.55. The first-order valence-corrected chi connectivity index (χ1v) is 13.8. The number of sulfonamides is 1. The van der Waals surface area contributed by atoms with Crippen LogP contribution in [0.25, 0.3) is 0 Å². The Morgan fingerprint density at radius 3 is 2.41 bits per heavy atom. The van der Waals surface area contributed by atoms with Crippen molar-refractivity contribution >= 4 is 44.8 Å². The zero-order valence-electron chi connectivity index (χ0n) is 19.7. The van der Waals surface area contributed by atoms with E-state index in [9.17, 15) is 18.0 Å². The number of nitrogens with zero attached hydrogens (tertiary/aromatic N) is 2. The lowest BCUT2D eigenvalue weighted by Gasteiger charge is -2.24. The number of nitrogens with one attached hydrogen (secondary N) is 1. The van der Waals surface area contributed by atoms with E-state index in [0.717, 1.165) is 50.6 Å². The number of para-hydroxylation sites is 1. The lowest BCUT2D eigenvalue weighted by atomic mass is 10.1. The van der Waals surface area contributed by atoms with Crippen molar-refractivity contribution in [1.29, 1.82) is 0 Å². The predicted octanol–water partition coefficient (Wildman–Crippen LogP) is 4.85. The second kappa shape index (κ2) is 11.7. The highest BCUT2D eigenvalue weighted by molar-refractivity contribution is 7.92. The van der Waals surface area contributed by atoms with E-state index in [1.807, 2.05) is 11.8 Å². The molecule has 0 saturated carbocycles. The summed E-state index contributed by atoms with van der Waals surface area (Å²) in [6.45, 7) is 3.41. The molecule has 1 fully saturated rings. The number of hydrogen-bond donors (Lipinski definition) is 1. The second-order valence-electron chi connectivity index (χ2n) is 8.67. The van der Waals surface area contributed by atoms with Gasteiger partial charge in [0.15, 0.2) is 0 Å². The van der Waals surface area contributed by atoms with Crippen molar-refractivity contribution < 1.29 is 18.0 Å². The SMILES string of the molecule is Cc1ccc(Cl)cc1N(CCCC(=O)Nc1ccccc1C(=O)N1CCCCCC1)S(C)(=O)=O. The Hall–Kier alpha value is -2.58. The minimum absolute atomic E-state index is 0.0718. The predicted molar refractivity (Wildman–Crippen MR) is 137 cm³/mol. The minimum atomic E-state index is -3.55. The Morgan fingerprint density at radius 2 is 1.74 bits per heavy atom. The molecule has 0 aliphatic carbocycles. The molecule has 1 N–H and O–H groups in total. The van der Waals surface area contributed by atoms with E-state index in [4.69, 9.17) is 11.6 Å². The van der Waals surface area contributed by atoms with Gasteiger partial charge in [0.2, 0.25) is 15.9 Å². The maximum atomic E-state index is 13.1. The molecule has 3 rings (SSSR count). The summed E-state index contributed by atoms with van der Waals surface area (Å²) in [5, 5.41) is 3.29. The number of carbonyl (C=O) groups excluding carboxylic acids is 2. The van der Waals surface area contributed by atoms with Gasteiger partial charge in [-0.25, -0.2) is 8.42 Å². The molecule has 2 amide bonds. The number of hydrogen-bond acceptors (Lipinski definition) is 4. The van der Waals surface area contributed by atoms with Crippen molar-refractivity contribution in [1.82, 2.24) is 4.90 Å². The Kier molecular flexibility index (Phi) is 8.97. The summed E-state index contributed by atoms with van der Waals surface area (Å²) < 4.78 is 26.1. The van der Waals surface area contributed by atoms with E-state index >= 15 is 0 Å². The van der Waals surface area contributed by atoms with Crippen molar-refractivity contribution in [3.63, 3.8) is 0 Å². The molecule has 9 heteroatoms. The smallest absolute Gasteiger partial charge is 0.255 e. The molecule has 7 nitrogen and oxygen atoms in total. The second-order valence-corrected chi connectivity index (χ2v) is 11.0. The van der Waals surface area contributed by atoms with Crippen molar-refractivity contribution in [2.75, 3.05) is 35.5 Å². The van der Waals surface area contributed by atoms with Crippen molar-refractivity contribution in [2.24, 2.45) is 0 Å². The molecule has 1 aliphatic heterocycles. The molecule has 0 atom stereocenters. The van der Waals surface area contributed by atoms with Gasteiger partial charge in [0.1, 0.15) is 0 Å². The maximum Gasteiger partial charge on any atom is 0.255 e. The molecule has 2 aromatic carbocycles. The number of benzene rings is 2. The van der Waals surface area contributed by atoms with Gasteiger partial charge in [-0.3, -0.25) is 13.9 Å². The summed E-state index contributed by atoms with van der Waals surface area (Å²) in [6, 6.07) is 12.1. The number of halogens is 1. The van der Waals surface area contributed by atoms with Crippen LogP contribution in [0, 0.1) is 6.92 Å². The molecule has 1 saturated heterocycles. The molecule has 184 valence electrons. The van der Waals surface area contributed by atoms with Gasteiger partial charge in [-0.1, -0.05) is 42.6 Å². The zero-order chi connectivity index (χ0) is 24.7. The molecule has 0 aromatic heterocycles. The first kappa shape index (κ1) is 26.0. The Morgan fingerprint density at radius 1 is 1.06 bits per heavy atom. The van der Waals surface area contributed by atoms with Gasteiger partial charge >= 0.3 is 0 Å². The number of likely N-dealkylation sites (tertiary alicyclic amines) is 1. The molecular formula is C25H32ClN3O4S. The fourth-order valence-corrected chi connectivity index (χ4v) is 5.32.